The number of nitrogens with zero attached hydrogens (tertiary/aromatic N) is 3. The van der Waals surface area contributed by atoms with Gasteiger partial charge in [0.2, 0.25) is 12.7 Å². The van der Waals surface area contributed by atoms with Gasteiger partial charge < -0.3 is 23.7 Å². The maximum absolute atomic E-state index is 12.8. The van der Waals surface area contributed by atoms with Gasteiger partial charge in [0.15, 0.2) is 11.5 Å². The zero-order valence-corrected chi connectivity index (χ0v) is 15.6. The van der Waals surface area contributed by atoms with Crippen molar-refractivity contribution >= 4 is 5.91 Å². The van der Waals surface area contributed by atoms with Gasteiger partial charge in [-0.15, -0.1) is 0 Å². The highest BCUT2D eigenvalue weighted by Gasteiger charge is 2.27. The second kappa shape index (κ2) is 8.00. The third-order valence-corrected chi connectivity index (χ3v) is 5.22. The van der Waals surface area contributed by atoms with E-state index in [1.807, 2.05) is 35.5 Å². The van der Waals surface area contributed by atoms with E-state index in [1.165, 1.54) is 0 Å². The van der Waals surface area contributed by atoms with Crippen LogP contribution < -0.4 is 9.47 Å². The molecule has 0 spiro atoms. The second-order valence-corrected chi connectivity index (χ2v) is 7.01. The van der Waals surface area contributed by atoms with Crippen LogP contribution in [0.3, 0.4) is 0 Å². The SMILES string of the molecule is COCCn1ccnc1[C@@H]1CCCN(C(=O)Cc2ccc3c(c2)OCO3)C1. The lowest BCUT2D eigenvalue weighted by Gasteiger charge is -2.33. The molecule has 27 heavy (non-hydrogen) atoms. The molecule has 7 nitrogen and oxygen atoms in total. The Bertz CT molecular complexity index is 804. The van der Waals surface area contributed by atoms with Crippen LogP contribution in [0.2, 0.25) is 0 Å². The summed E-state index contributed by atoms with van der Waals surface area (Å²) in [6.45, 7) is 3.21. The van der Waals surface area contributed by atoms with Crippen molar-refractivity contribution in [3.05, 3.63) is 42.0 Å². The number of benzene rings is 1. The molecule has 1 atom stereocenters. The summed E-state index contributed by atoms with van der Waals surface area (Å²) in [4.78, 5) is 19.4. The predicted octanol–water partition coefficient (Wildman–Crippen LogP) is 2.21. The fourth-order valence-electron chi connectivity index (χ4n) is 3.81. The first-order valence-electron chi connectivity index (χ1n) is 9.41. The largest absolute Gasteiger partial charge is 0.454 e. The Kier molecular flexibility index (Phi) is 5.29. The van der Waals surface area contributed by atoms with Crippen LogP contribution in [-0.4, -0.2) is 54.0 Å². The summed E-state index contributed by atoms with van der Waals surface area (Å²) in [5.41, 5.74) is 0.952. The van der Waals surface area contributed by atoms with E-state index in [9.17, 15) is 4.79 Å². The van der Waals surface area contributed by atoms with Crippen LogP contribution >= 0.6 is 0 Å². The fourth-order valence-corrected chi connectivity index (χ4v) is 3.81. The molecule has 1 aromatic carbocycles. The molecule has 1 amide bonds. The molecule has 7 heteroatoms. The molecule has 4 rings (SSSR count). The van der Waals surface area contributed by atoms with Gasteiger partial charge >= 0.3 is 0 Å². The van der Waals surface area contributed by atoms with Crippen molar-refractivity contribution in [1.82, 2.24) is 14.5 Å². The molecule has 1 saturated heterocycles. The van der Waals surface area contributed by atoms with Crippen molar-refractivity contribution < 1.29 is 19.0 Å². The summed E-state index contributed by atoms with van der Waals surface area (Å²) in [5, 5.41) is 0. The minimum Gasteiger partial charge on any atom is -0.454 e. The lowest BCUT2D eigenvalue weighted by atomic mass is 9.96. The normalized spacial score (nSPS) is 18.7. The average molecular weight is 371 g/mol. The Morgan fingerprint density at radius 2 is 2.22 bits per heavy atom. The van der Waals surface area contributed by atoms with Gasteiger partial charge in [0.1, 0.15) is 5.82 Å². The summed E-state index contributed by atoms with van der Waals surface area (Å²) < 4.78 is 18.1. The van der Waals surface area contributed by atoms with E-state index in [0.29, 0.717) is 19.6 Å². The molecule has 2 aliphatic rings. The zero-order valence-electron chi connectivity index (χ0n) is 15.6. The van der Waals surface area contributed by atoms with Gasteiger partial charge in [-0.25, -0.2) is 4.98 Å². The van der Waals surface area contributed by atoms with E-state index < -0.39 is 0 Å². The van der Waals surface area contributed by atoms with Crippen molar-refractivity contribution in [3.63, 3.8) is 0 Å². The Labute approximate surface area is 158 Å². The molecule has 0 radical (unpaired) electrons. The van der Waals surface area contributed by atoms with E-state index in [2.05, 4.69) is 9.55 Å². The minimum atomic E-state index is 0.147. The molecule has 2 aromatic rings. The van der Waals surface area contributed by atoms with Gasteiger partial charge in [-0.2, -0.15) is 0 Å². The third kappa shape index (κ3) is 3.93. The number of carbonyl (C=O) groups excluding carboxylic acids is 1. The maximum atomic E-state index is 12.8. The Hall–Kier alpha value is -2.54. The second-order valence-electron chi connectivity index (χ2n) is 7.01. The number of hydrogen-bond donors (Lipinski definition) is 0. The van der Waals surface area contributed by atoms with Crippen molar-refractivity contribution in [3.8, 4) is 11.5 Å². The van der Waals surface area contributed by atoms with Crippen molar-refractivity contribution in [1.29, 1.82) is 0 Å². The summed E-state index contributed by atoms with van der Waals surface area (Å²) >= 11 is 0. The van der Waals surface area contributed by atoms with Crippen LogP contribution in [0.25, 0.3) is 0 Å². The first kappa shape index (κ1) is 17.9. The summed E-state index contributed by atoms with van der Waals surface area (Å²) in [6, 6.07) is 5.71. The van der Waals surface area contributed by atoms with E-state index in [4.69, 9.17) is 14.2 Å². The number of likely N-dealkylation sites (tertiary alicyclic amines) is 1. The Morgan fingerprint density at radius 3 is 3.11 bits per heavy atom. The van der Waals surface area contributed by atoms with Crippen LogP contribution in [-0.2, 0) is 22.5 Å². The number of ether oxygens (including phenoxy) is 3. The van der Waals surface area contributed by atoms with Gasteiger partial charge in [-0.05, 0) is 30.5 Å². The molecule has 0 N–H and O–H groups in total. The topological polar surface area (TPSA) is 65.8 Å². The van der Waals surface area contributed by atoms with Crippen LogP contribution in [0.1, 0.15) is 30.1 Å². The number of hydrogen-bond acceptors (Lipinski definition) is 5. The van der Waals surface area contributed by atoms with Gasteiger partial charge in [0, 0.05) is 45.1 Å². The number of aromatic nitrogens is 2. The maximum Gasteiger partial charge on any atom is 0.231 e. The molecular weight excluding hydrogens is 346 g/mol. The lowest BCUT2D eigenvalue weighted by molar-refractivity contribution is -0.131. The van der Waals surface area contributed by atoms with E-state index in [1.54, 1.807) is 7.11 Å². The number of fused-ring (bicyclic) bond motifs is 1. The summed E-state index contributed by atoms with van der Waals surface area (Å²) in [6.07, 6.45) is 6.24. The van der Waals surface area contributed by atoms with Gasteiger partial charge in [-0.1, -0.05) is 6.07 Å². The molecule has 0 saturated carbocycles. The smallest absolute Gasteiger partial charge is 0.231 e. The van der Waals surface area contributed by atoms with Crippen LogP contribution in [0.4, 0.5) is 0 Å². The molecule has 0 unspecified atom stereocenters. The fraction of sp³-hybridized carbons (Fsp3) is 0.500. The minimum absolute atomic E-state index is 0.147. The molecular formula is C20H25N3O4. The number of rotatable bonds is 6. The zero-order chi connectivity index (χ0) is 18.6. The lowest BCUT2D eigenvalue weighted by Crippen LogP contribution is -2.40. The highest BCUT2D eigenvalue weighted by atomic mass is 16.7. The average Bonchev–Trinajstić information content (AvgIpc) is 3.35. The molecule has 144 valence electrons. The first-order chi connectivity index (χ1) is 13.2. The van der Waals surface area contributed by atoms with Gasteiger partial charge in [0.05, 0.1) is 13.0 Å². The van der Waals surface area contributed by atoms with Crippen LogP contribution in [0.15, 0.2) is 30.6 Å². The Morgan fingerprint density at radius 1 is 1.33 bits per heavy atom. The van der Waals surface area contributed by atoms with Crippen molar-refractivity contribution in [2.45, 2.75) is 31.7 Å². The highest BCUT2D eigenvalue weighted by molar-refractivity contribution is 5.79. The molecule has 1 fully saturated rings. The molecule has 2 aliphatic heterocycles. The quantitative estimate of drug-likeness (QED) is 0.779. The number of imidazole rings is 1. The van der Waals surface area contributed by atoms with Crippen molar-refractivity contribution in [2.75, 3.05) is 33.6 Å². The van der Waals surface area contributed by atoms with Crippen LogP contribution in [0, 0.1) is 0 Å². The number of piperidine rings is 1. The summed E-state index contributed by atoms with van der Waals surface area (Å²) in [7, 11) is 1.70. The van der Waals surface area contributed by atoms with Crippen LogP contribution in [0.5, 0.6) is 11.5 Å². The van der Waals surface area contributed by atoms with Gasteiger partial charge in [-0.3, -0.25) is 4.79 Å². The highest BCUT2D eigenvalue weighted by Crippen LogP contribution is 2.33. The number of carbonyl (C=O) groups is 1. The predicted molar refractivity (Wildman–Crippen MR) is 98.9 cm³/mol. The van der Waals surface area contributed by atoms with Gasteiger partial charge in [0.25, 0.3) is 0 Å². The Balaban J connectivity index is 1.40. The summed E-state index contributed by atoms with van der Waals surface area (Å²) in [5.74, 6) is 2.93. The third-order valence-electron chi connectivity index (χ3n) is 5.22. The van der Waals surface area contributed by atoms with E-state index >= 15 is 0 Å². The van der Waals surface area contributed by atoms with E-state index in [-0.39, 0.29) is 18.6 Å². The standard InChI is InChI=1S/C20H25N3O4/c1-25-10-9-22-8-6-21-20(22)16-3-2-7-23(13-16)19(24)12-15-4-5-17-18(11-15)27-14-26-17/h4-6,8,11,16H,2-3,7,9-10,12-14H2,1H3/t16-/m1/s1. The van der Waals surface area contributed by atoms with E-state index in [0.717, 1.165) is 48.8 Å². The number of methoxy groups -OCH3 is 1. The number of amides is 1. The first-order valence-corrected chi connectivity index (χ1v) is 9.41. The molecule has 0 aliphatic carbocycles. The van der Waals surface area contributed by atoms with Crippen molar-refractivity contribution in [2.24, 2.45) is 0 Å². The monoisotopic (exact) mass is 371 g/mol. The molecule has 1 aromatic heterocycles. The molecule has 0 bridgehead atoms. The molecule has 3 heterocycles.